The zero-order chi connectivity index (χ0) is 23.5. The molecular weight excluding hydrogens is 400 g/mol. The molecule has 1 fully saturated rings. The quantitative estimate of drug-likeness (QED) is 0.565. The van der Waals surface area contributed by atoms with Crippen LogP contribution in [0.3, 0.4) is 0 Å². The molecule has 0 saturated heterocycles. The van der Waals surface area contributed by atoms with E-state index in [1.54, 1.807) is 0 Å². The van der Waals surface area contributed by atoms with Crippen molar-refractivity contribution in [3.8, 4) is 11.5 Å². The van der Waals surface area contributed by atoms with Crippen LogP contribution in [0.1, 0.15) is 72.9 Å². The molecule has 32 heavy (non-hydrogen) atoms. The lowest BCUT2D eigenvalue weighted by Gasteiger charge is -2.45. The third-order valence-corrected chi connectivity index (χ3v) is 7.16. The van der Waals surface area contributed by atoms with E-state index in [-0.39, 0.29) is 18.6 Å². The van der Waals surface area contributed by atoms with Gasteiger partial charge in [-0.15, -0.1) is 0 Å². The highest BCUT2D eigenvalue weighted by molar-refractivity contribution is 5.53. The highest BCUT2D eigenvalue weighted by Gasteiger charge is 2.41. The van der Waals surface area contributed by atoms with Crippen molar-refractivity contribution in [2.75, 3.05) is 26.4 Å². The van der Waals surface area contributed by atoms with Gasteiger partial charge in [0.05, 0.1) is 13.2 Å². The lowest BCUT2D eigenvalue weighted by Crippen LogP contribution is -2.36. The van der Waals surface area contributed by atoms with Crippen LogP contribution in [-0.4, -0.2) is 36.6 Å². The lowest BCUT2D eigenvalue weighted by atomic mass is 9.59. The monoisotopic (exact) mass is 440 g/mol. The minimum atomic E-state index is -0.0500. The minimum absolute atomic E-state index is 0.0168. The highest BCUT2D eigenvalue weighted by atomic mass is 16.5. The van der Waals surface area contributed by atoms with Gasteiger partial charge >= 0.3 is 0 Å². The Balaban J connectivity index is 2.11. The van der Waals surface area contributed by atoms with Crippen molar-refractivity contribution < 1.29 is 19.7 Å². The van der Waals surface area contributed by atoms with Gasteiger partial charge in [0, 0.05) is 5.41 Å². The molecule has 4 heteroatoms. The van der Waals surface area contributed by atoms with Crippen LogP contribution in [0.25, 0.3) is 0 Å². The van der Waals surface area contributed by atoms with Gasteiger partial charge in [0.1, 0.15) is 24.7 Å². The number of ether oxygens (including phenoxy) is 2. The number of benzene rings is 2. The van der Waals surface area contributed by atoms with Crippen LogP contribution in [0.15, 0.2) is 24.3 Å². The summed E-state index contributed by atoms with van der Waals surface area (Å²) >= 11 is 0. The van der Waals surface area contributed by atoms with Gasteiger partial charge in [0.15, 0.2) is 0 Å². The SMILES string of the molecule is Cc1cc(C2(c3cc(C)c(OCCO)c(C)c3)CCC(C)(C)CC2)cc(C)c1OCCO. The number of aliphatic hydroxyl groups excluding tert-OH is 2. The molecule has 0 unspecified atom stereocenters. The number of aliphatic hydroxyl groups is 2. The van der Waals surface area contributed by atoms with Crippen LogP contribution in [0, 0.1) is 33.1 Å². The lowest BCUT2D eigenvalue weighted by molar-refractivity contribution is 0.184. The molecule has 4 nitrogen and oxygen atoms in total. The van der Waals surface area contributed by atoms with Gasteiger partial charge in [-0.3, -0.25) is 0 Å². The molecule has 2 aromatic rings. The zero-order valence-electron chi connectivity index (χ0n) is 20.7. The third-order valence-electron chi connectivity index (χ3n) is 7.16. The largest absolute Gasteiger partial charge is 0.491 e. The maximum atomic E-state index is 9.19. The Bertz CT molecular complexity index is 823. The summed E-state index contributed by atoms with van der Waals surface area (Å²) in [6.45, 7) is 13.8. The average molecular weight is 441 g/mol. The van der Waals surface area contributed by atoms with Crippen molar-refractivity contribution in [3.63, 3.8) is 0 Å². The van der Waals surface area contributed by atoms with Gasteiger partial charge in [0.2, 0.25) is 0 Å². The van der Waals surface area contributed by atoms with Crippen molar-refractivity contribution >= 4 is 0 Å². The predicted molar refractivity (Wildman–Crippen MR) is 130 cm³/mol. The van der Waals surface area contributed by atoms with Gasteiger partial charge in [-0.05, 0) is 92.2 Å². The first-order valence-electron chi connectivity index (χ1n) is 11.8. The Morgan fingerprint density at radius 3 is 1.31 bits per heavy atom. The Morgan fingerprint density at radius 1 is 0.656 bits per heavy atom. The fraction of sp³-hybridized carbons (Fsp3) is 0.571. The molecule has 1 aliphatic carbocycles. The zero-order valence-corrected chi connectivity index (χ0v) is 20.7. The van der Waals surface area contributed by atoms with Gasteiger partial charge < -0.3 is 19.7 Å². The summed E-state index contributed by atoms with van der Waals surface area (Å²) in [5.41, 5.74) is 7.48. The summed E-state index contributed by atoms with van der Waals surface area (Å²) in [6.07, 6.45) is 4.56. The van der Waals surface area contributed by atoms with E-state index >= 15 is 0 Å². The van der Waals surface area contributed by atoms with E-state index in [2.05, 4.69) is 65.8 Å². The molecule has 0 radical (unpaired) electrons. The fourth-order valence-electron chi connectivity index (χ4n) is 5.30. The first-order chi connectivity index (χ1) is 15.1. The summed E-state index contributed by atoms with van der Waals surface area (Å²) < 4.78 is 11.7. The molecule has 176 valence electrons. The topological polar surface area (TPSA) is 58.9 Å². The van der Waals surface area contributed by atoms with Gasteiger partial charge in [-0.1, -0.05) is 38.1 Å². The molecule has 0 aliphatic heterocycles. The van der Waals surface area contributed by atoms with Crippen LogP contribution < -0.4 is 9.47 Å². The molecule has 3 rings (SSSR count). The molecule has 0 amide bonds. The van der Waals surface area contributed by atoms with Crippen LogP contribution in [-0.2, 0) is 5.41 Å². The van der Waals surface area contributed by atoms with Gasteiger partial charge in [0.25, 0.3) is 0 Å². The van der Waals surface area contributed by atoms with Crippen molar-refractivity contribution in [1.29, 1.82) is 0 Å². The predicted octanol–water partition coefficient (Wildman–Crippen LogP) is 5.55. The van der Waals surface area contributed by atoms with E-state index in [0.29, 0.717) is 18.6 Å². The number of rotatable bonds is 8. The molecule has 1 aliphatic rings. The van der Waals surface area contributed by atoms with E-state index in [9.17, 15) is 10.2 Å². The first-order valence-corrected chi connectivity index (χ1v) is 11.8. The van der Waals surface area contributed by atoms with Crippen molar-refractivity contribution in [2.24, 2.45) is 5.41 Å². The van der Waals surface area contributed by atoms with Crippen LogP contribution in [0.2, 0.25) is 0 Å². The first kappa shape index (κ1) is 24.6. The maximum absolute atomic E-state index is 9.19. The summed E-state index contributed by atoms with van der Waals surface area (Å²) in [5.74, 6) is 1.77. The summed E-state index contributed by atoms with van der Waals surface area (Å²) in [6, 6.07) is 9.16. The summed E-state index contributed by atoms with van der Waals surface area (Å²) in [5, 5.41) is 18.4. The molecular formula is C28H40O4. The highest BCUT2D eigenvalue weighted by Crippen LogP contribution is 2.52. The second-order valence-electron chi connectivity index (χ2n) is 10.3. The molecule has 0 aromatic heterocycles. The minimum Gasteiger partial charge on any atom is -0.491 e. The van der Waals surface area contributed by atoms with Crippen LogP contribution >= 0.6 is 0 Å². The van der Waals surface area contributed by atoms with E-state index in [4.69, 9.17) is 9.47 Å². The molecule has 2 aromatic carbocycles. The summed E-state index contributed by atoms with van der Waals surface area (Å²) in [7, 11) is 0. The average Bonchev–Trinajstić information content (AvgIpc) is 2.73. The number of hydrogen-bond acceptors (Lipinski definition) is 4. The van der Waals surface area contributed by atoms with Crippen molar-refractivity contribution in [3.05, 3.63) is 57.6 Å². The fourth-order valence-corrected chi connectivity index (χ4v) is 5.30. The Morgan fingerprint density at radius 2 is 1.00 bits per heavy atom. The van der Waals surface area contributed by atoms with E-state index in [1.807, 2.05) is 0 Å². The van der Waals surface area contributed by atoms with E-state index < -0.39 is 0 Å². The Hall–Kier alpha value is -2.04. The molecule has 0 heterocycles. The molecule has 0 atom stereocenters. The van der Waals surface area contributed by atoms with Crippen molar-refractivity contribution in [1.82, 2.24) is 0 Å². The smallest absolute Gasteiger partial charge is 0.125 e. The molecule has 0 bridgehead atoms. The summed E-state index contributed by atoms with van der Waals surface area (Å²) in [4.78, 5) is 0. The normalized spacial score (nSPS) is 17.2. The number of hydrogen-bond donors (Lipinski definition) is 2. The maximum Gasteiger partial charge on any atom is 0.125 e. The molecule has 0 spiro atoms. The van der Waals surface area contributed by atoms with Crippen molar-refractivity contribution in [2.45, 2.75) is 72.6 Å². The molecule has 1 saturated carbocycles. The third kappa shape index (κ3) is 4.97. The van der Waals surface area contributed by atoms with Crippen LogP contribution in [0.4, 0.5) is 0 Å². The van der Waals surface area contributed by atoms with Gasteiger partial charge in [-0.2, -0.15) is 0 Å². The van der Waals surface area contributed by atoms with E-state index in [1.165, 1.54) is 24.0 Å². The standard InChI is InChI=1S/C28H40O4/c1-19-15-23(16-20(2)25(19)31-13-11-29)28(9-7-27(5,6)8-10-28)24-17-21(3)26(22(4)18-24)32-14-12-30/h15-18,29-30H,7-14H2,1-6H3. The molecule has 2 N–H and O–H groups in total. The second kappa shape index (κ2) is 9.84. The second-order valence-corrected chi connectivity index (χ2v) is 10.3. The van der Waals surface area contributed by atoms with E-state index in [0.717, 1.165) is 46.6 Å². The van der Waals surface area contributed by atoms with Crippen LogP contribution in [0.5, 0.6) is 11.5 Å². The number of aryl methyl sites for hydroxylation is 4. The Labute approximate surface area is 193 Å². The Kier molecular flexibility index (Phi) is 7.57. The van der Waals surface area contributed by atoms with Gasteiger partial charge in [-0.25, -0.2) is 0 Å².